The maximum Gasteiger partial charge on any atom is 0.159 e. The first-order valence-electron chi connectivity index (χ1n) is 19.2. The quantitative estimate of drug-likeness (QED) is 0.191. The summed E-state index contributed by atoms with van der Waals surface area (Å²) in [5.74, 6) is 5.07. The summed E-state index contributed by atoms with van der Waals surface area (Å²) >= 11 is 0. The Morgan fingerprint density at radius 1 is 0.500 bits per heavy atom. The van der Waals surface area contributed by atoms with E-state index in [-0.39, 0.29) is 0 Å². The zero-order chi connectivity index (χ0) is 37.0. The topological polar surface area (TPSA) is 75.6 Å². The molecule has 2 unspecified atom stereocenters. The van der Waals surface area contributed by atoms with E-state index >= 15 is 0 Å². The Balaban J connectivity index is 0.000000134. The van der Waals surface area contributed by atoms with Crippen LogP contribution in [0.25, 0.3) is 21.9 Å². The highest BCUT2D eigenvalue weighted by atomic mass is 15.0. The predicted octanol–water partition coefficient (Wildman–Crippen LogP) is 12.0. The second-order valence-electron chi connectivity index (χ2n) is 15.2. The van der Waals surface area contributed by atoms with Crippen molar-refractivity contribution in [1.82, 2.24) is 19.9 Å². The maximum atomic E-state index is 4.34. The molecule has 0 amide bonds. The number of para-hydroxylation sites is 2. The molecular formula is C46H58N6. The number of nitrogens with zero attached hydrogens (tertiary/aromatic N) is 4. The molecule has 52 heavy (non-hydrogen) atoms. The van der Waals surface area contributed by atoms with Gasteiger partial charge in [0.1, 0.15) is 5.82 Å². The Kier molecular flexibility index (Phi) is 13.7. The summed E-state index contributed by atoms with van der Waals surface area (Å²) in [5.41, 5.74) is 8.87. The van der Waals surface area contributed by atoms with Gasteiger partial charge in [0.05, 0.1) is 5.52 Å². The monoisotopic (exact) mass is 694 g/mol. The number of fused-ring (bicyclic) bond motifs is 4. The summed E-state index contributed by atoms with van der Waals surface area (Å²) in [5, 5.41) is 9.23. The minimum absolute atomic E-state index is 0.523. The van der Waals surface area contributed by atoms with Crippen molar-refractivity contribution in [2.45, 2.75) is 91.9 Å². The number of aromatic nitrogens is 4. The summed E-state index contributed by atoms with van der Waals surface area (Å²) in [7, 11) is 0. The standard InChI is InChI=1S/C12H17N.C12H13N.C11H16N2.C11H12N2/c2*1-9(2)10-7-8-13-12-6-4-3-5-11(10)12;2*1-8(2)9-5-7-13-11-10(9)4-3-6-12-11/h3-6,9-10,13H,7-8H2,1-2H3;3-9H,1-2H3;3-4,6,8-9H,5,7H2,1-2H3,(H,12,13);3-8H,1-2H3. The molecule has 272 valence electrons. The fourth-order valence-corrected chi connectivity index (χ4v) is 7.38. The van der Waals surface area contributed by atoms with Gasteiger partial charge in [-0.2, -0.15) is 0 Å². The molecule has 4 aromatic heterocycles. The van der Waals surface area contributed by atoms with E-state index in [9.17, 15) is 0 Å². The van der Waals surface area contributed by atoms with E-state index in [0.717, 1.165) is 41.9 Å². The molecule has 2 atom stereocenters. The van der Waals surface area contributed by atoms with Gasteiger partial charge >= 0.3 is 0 Å². The second kappa shape index (κ2) is 18.6. The Labute approximate surface area is 312 Å². The second-order valence-corrected chi connectivity index (χ2v) is 15.2. The van der Waals surface area contributed by atoms with Gasteiger partial charge < -0.3 is 10.6 Å². The fraction of sp³-hybridized carbons (Fsp3) is 0.391. The highest BCUT2D eigenvalue weighted by molar-refractivity contribution is 5.82. The first kappa shape index (κ1) is 38.4. The lowest BCUT2D eigenvalue weighted by Gasteiger charge is -2.29. The van der Waals surface area contributed by atoms with Gasteiger partial charge in [-0.1, -0.05) is 97.9 Å². The fourth-order valence-electron chi connectivity index (χ4n) is 7.38. The molecule has 0 saturated heterocycles. The average Bonchev–Trinajstić information content (AvgIpc) is 3.17. The molecule has 0 radical (unpaired) electrons. The number of pyridine rings is 4. The van der Waals surface area contributed by atoms with Crippen molar-refractivity contribution in [2.24, 2.45) is 11.8 Å². The van der Waals surface area contributed by atoms with Crippen molar-refractivity contribution in [1.29, 1.82) is 0 Å². The third-order valence-electron chi connectivity index (χ3n) is 10.2. The highest BCUT2D eigenvalue weighted by Gasteiger charge is 2.23. The zero-order valence-corrected chi connectivity index (χ0v) is 32.5. The number of hydrogen-bond acceptors (Lipinski definition) is 6. The van der Waals surface area contributed by atoms with Crippen LogP contribution < -0.4 is 10.6 Å². The maximum absolute atomic E-state index is 4.34. The molecule has 0 saturated carbocycles. The number of anilines is 2. The average molecular weight is 695 g/mol. The molecule has 6 aromatic rings. The first-order valence-corrected chi connectivity index (χ1v) is 19.2. The van der Waals surface area contributed by atoms with Crippen LogP contribution in [-0.2, 0) is 0 Å². The van der Waals surface area contributed by atoms with Gasteiger partial charge in [-0.15, -0.1) is 0 Å². The minimum Gasteiger partial charge on any atom is -0.385 e. The van der Waals surface area contributed by atoms with Gasteiger partial charge in [-0.25, -0.2) is 15.0 Å². The van der Waals surface area contributed by atoms with E-state index in [1.807, 2.05) is 36.8 Å². The molecule has 0 fully saturated rings. The molecule has 2 aliphatic heterocycles. The normalized spacial score (nSPS) is 16.0. The van der Waals surface area contributed by atoms with Gasteiger partial charge in [0.15, 0.2) is 5.65 Å². The zero-order valence-electron chi connectivity index (χ0n) is 32.5. The van der Waals surface area contributed by atoms with E-state index < -0.39 is 0 Å². The van der Waals surface area contributed by atoms with Crippen LogP contribution in [0.2, 0.25) is 0 Å². The van der Waals surface area contributed by atoms with Crippen molar-refractivity contribution >= 4 is 33.4 Å². The van der Waals surface area contributed by atoms with Crippen LogP contribution in [0.1, 0.15) is 114 Å². The first-order chi connectivity index (χ1) is 25.2. The molecule has 0 spiro atoms. The lowest BCUT2D eigenvalue weighted by molar-refractivity contribution is 0.467. The van der Waals surface area contributed by atoms with Crippen molar-refractivity contribution in [3.05, 3.63) is 132 Å². The lowest BCUT2D eigenvalue weighted by atomic mass is 9.83. The van der Waals surface area contributed by atoms with Gasteiger partial charge in [0.2, 0.25) is 0 Å². The van der Waals surface area contributed by atoms with Crippen LogP contribution in [0.15, 0.2) is 110 Å². The molecule has 6 heterocycles. The van der Waals surface area contributed by atoms with Crippen molar-refractivity contribution in [3.63, 3.8) is 0 Å². The minimum atomic E-state index is 0.523. The third-order valence-corrected chi connectivity index (χ3v) is 10.2. The summed E-state index contributed by atoms with van der Waals surface area (Å²) in [6.07, 6.45) is 9.85. The van der Waals surface area contributed by atoms with Crippen molar-refractivity contribution in [3.8, 4) is 0 Å². The Morgan fingerprint density at radius 3 is 1.77 bits per heavy atom. The third kappa shape index (κ3) is 9.73. The molecule has 2 aromatic carbocycles. The van der Waals surface area contributed by atoms with Crippen LogP contribution in [-0.4, -0.2) is 33.0 Å². The molecule has 6 nitrogen and oxygen atoms in total. The Bertz CT molecular complexity index is 1840. The summed E-state index contributed by atoms with van der Waals surface area (Å²) < 4.78 is 0. The highest BCUT2D eigenvalue weighted by Crippen LogP contribution is 2.36. The molecular weight excluding hydrogens is 637 g/mol. The van der Waals surface area contributed by atoms with E-state index in [4.69, 9.17) is 0 Å². The van der Waals surface area contributed by atoms with Gasteiger partial charge in [-0.3, -0.25) is 4.98 Å². The van der Waals surface area contributed by atoms with Crippen molar-refractivity contribution < 1.29 is 0 Å². The molecule has 6 heteroatoms. The molecule has 8 rings (SSSR count). The number of nitrogens with one attached hydrogen (secondary N) is 2. The summed E-state index contributed by atoms with van der Waals surface area (Å²) in [6.45, 7) is 20.2. The Hall–Kier alpha value is -4.84. The number of benzene rings is 2. The lowest BCUT2D eigenvalue weighted by Crippen LogP contribution is -2.20. The van der Waals surface area contributed by atoms with E-state index in [1.165, 1.54) is 51.6 Å². The van der Waals surface area contributed by atoms with Gasteiger partial charge in [0.25, 0.3) is 0 Å². The number of hydrogen-bond donors (Lipinski definition) is 2. The van der Waals surface area contributed by atoms with Crippen LogP contribution in [0.5, 0.6) is 0 Å². The van der Waals surface area contributed by atoms with E-state index in [2.05, 4.69) is 153 Å². The van der Waals surface area contributed by atoms with Crippen LogP contribution in [0.4, 0.5) is 11.5 Å². The molecule has 2 aliphatic rings. The Morgan fingerprint density at radius 2 is 1.04 bits per heavy atom. The summed E-state index contributed by atoms with van der Waals surface area (Å²) in [6, 6.07) is 29.4. The SMILES string of the molecule is CC(C)C1CCNc2ccccc21.CC(C)C1CCNc2ncccc21.CC(C)c1ccnc2ccccc12.CC(C)c1ccnc2ncccc12. The molecule has 0 bridgehead atoms. The largest absolute Gasteiger partial charge is 0.385 e. The summed E-state index contributed by atoms with van der Waals surface area (Å²) in [4.78, 5) is 17.1. The van der Waals surface area contributed by atoms with Gasteiger partial charge in [-0.05, 0) is 113 Å². The van der Waals surface area contributed by atoms with E-state index in [1.54, 1.807) is 6.20 Å². The molecule has 2 N–H and O–H groups in total. The van der Waals surface area contributed by atoms with E-state index in [0.29, 0.717) is 23.7 Å². The predicted molar refractivity (Wildman–Crippen MR) is 222 cm³/mol. The van der Waals surface area contributed by atoms with Crippen molar-refractivity contribution in [2.75, 3.05) is 23.7 Å². The van der Waals surface area contributed by atoms with Crippen LogP contribution >= 0.6 is 0 Å². The van der Waals surface area contributed by atoms with Crippen LogP contribution in [0.3, 0.4) is 0 Å². The number of rotatable bonds is 4. The molecule has 0 aliphatic carbocycles. The van der Waals surface area contributed by atoms with Gasteiger partial charge in [0, 0.05) is 54.3 Å². The van der Waals surface area contributed by atoms with Crippen LogP contribution in [0, 0.1) is 11.8 Å². The smallest absolute Gasteiger partial charge is 0.159 e.